The van der Waals surface area contributed by atoms with E-state index in [4.69, 9.17) is 5.84 Å². The van der Waals surface area contributed by atoms with Crippen LogP contribution in [0.2, 0.25) is 0 Å². The predicted octanol–water partition coefficient (Wildman–Crippen LogP) is 2.15. The van der Waals surface area contributed by atoms with E-state index in [2.05, 4.69) is 31.7 Å². The van der Waals surface area contributed by atoms with Crippen molar-refractivity contribution in [3.63, 3.8) is 0 Å². The van der Waals surface area contributed by atoms with Gasteiger partial charge in [0.1, 0.15) is 0 Å². The van der Waals surface area contributed by atoms with Crippen LogP contribution in [-0.4, -0.2) is 12.0 Å². The summed E-state index contributed by atoms with van der Waals surface area (Å²) in [4.78, 5) is 4.43. The van der Waals surface area contributed by atoms with Crippen LogP contribution in [-0.2, 0) is 0 Å². The van der Waals surface area contributed by atoms with Gasteiger partial charge in [0.05, 0.1) is 6.04 Å². The second-order valence-corrected chi connectivity index (χ2v) is 4.74. The Hall–Kier alpha value is -1.07. The molecule has 0 unspecified atom stereocenters. The van der Waals surface area contributed by atoms with Crippen LogP contribution in [0.25, 0.3) is 0 Å². The summed E-state index contributed by atoms with van der Waals surface area (Å²) >= 11 is 3.49. The highest BCUT2D eigenvalue weighted by molar-refractivity contribution is 9.10. The molecule has 0 saturated heterocycles. The lowest BCUT2D eigenvalue weighted by molar-refractivity contribution is 0.965. The van der Waals surface area contributed by atoms with Crippen molar-refractivity contribution in [3.8, 4) is 0 Å². The minimum Gasteiger partial charge on any atom is -0.325 e. The van der Waals surface area contributed by atoms with Crippen molar-refractivity contribution in [2.24, 2.45) is 10.8 Å². The van der Waals surface area contributed by atoms with E-state index in [1.54, 1.807) is 0 Å². The predicted molar refractivity (Wildman–Crippen MR) is 70.3 cm³/mol. The van der Waals surface area contributed by atoms with Gasteiger partial charge in [-0.05, 0) is 37.5 Å². The highest BCUT2D eigenvalue weighted by atomic mass is 79.9. The van der Waals surface area contributed by atoms with Gasteiger partial charge in [-0.1, -0.05) is 22.0 Å². The Morgan fingerprint density at radius 1 is 1.50 bits per heavy atom. The van der Waals surface area contributed by atoms with Gasteiger partial charge in [-0.25, -0.2) is 10.8 Å². The number of aliphatic imine (C=N–C) groups is 1. The molecule has 16 heavy (non-hydrogen) atoms. The molecule has 2 rings (SSSR count). The Bertz CT molecular complexity index is 412. The molecule has 1 aliphatic carbocycles. The molecule has 5 heteroatoms. The molecule has 1 saturated carbocycles. The van der Waals surface area contributed by atoms with Crippen molar-refractivity contribution in [3.05, 3.63) is 28.2 Å². The summed E-state index contributed by atoms with van der Waals surface area (Å²) in [5.74, 6) is 6.06. The van der Waals surface area contributed by atoms with Gasteiger partial charge in [-0.15, -0.1) is 0 Å². The van der Waals surface area contributed by atoms with Crippen LogP contribution in [0.4, 0.5) is 5.69 Å². The molecule has 4 nitrogen and oxygen atoms in total. The van der Waals surface area contributed by atoms with Crippen LogP contribution in [0.3, 0.4) is 0 Å². The first-order chi connectivity index (χ1) is 7.70. The highest BCUT2D eigenvalue weighted by Crippen LogP contribution is 2.25. The summed E-state index contributed by atoms with van der Waals surface area (Å²) in [6.07, 6.45) is 2.31. The lowest BCUT2D eigenvalue weighted by atomic mass is 10.2. The Labute approximate surface area is 103 Å². The number of anilines is 1. The Kier molecular flexibility index (Phi) is 3.46. The number of nitrogens with two attached hydrogens (primary N) is 1. The van der Waals surface area contributed by atoms with Crippen LogP contribution in [0.15, 0.2) is 27.7 Å². The fourth-order valence-electron chi connectivity index (χ4n) is 1.36. The number of benzene rings is 1. The maximum atomic E-state index is 5.43. The Balaban J connectivity index is 2.15. The molecule has 4 N–H and O–H groups in total. The molecule has 1 fully saturated rings. The standard InChI is InChI=1S/C11H15BrN4/c1-7-9(12)3-2-4-10(7)15-11(16-13)14-8-5-6-8/h2-4,8H,5-6,13H2,1H3,(H2,14,15,16). The van der Waals surface area contributed by atoms with Crippen LogP contribution >= 0.6 is 15.9 Å². The van der Waals surface area contributed by atoms with Gasteiger partial charge in [0, 0.05) is 10.2 Å². The van der Waals surface area contributed by atoms with Crippen molar-refractivity contribution in [1.82, 2.24) is 5.43 Å². The highest BCUT2D eigenvalue weighted by Gasteiger charge is 2.21. The maximum Gasteiger partial charge on any atom is 0.210 e. The normalized spacial score (nSPS) is 16.1. The first kappa shape index (κ1) is 11.4. The molecule has 0 heterocycles. The molecular weight excluding hydrogens is 268 g/mol. The monoisotopic (exact) mass is 282 g/mol. The number of nitrogens with zero attached hydrogens (tertiary/aromatic N) is 1. The van der Waals surface area contributed by atoms with E-state index in [9.17, 15) is 0 Å². The number of hydrogen-bond donors (Lipinski definition) is 3. The summed E-state index contributed by atoms with van der Waals surface area (Å²) < 4.78 is 1.07. The first-order valence-electron chi connectivity index (χ1n) is 5.27. The van der Waals surface area contributed by atoms with Crippen LogP contribution in [0.1, 0.15) is 18.4 Å². The third-order valence-electron chi connectivity index (χ3n) is 2.52. The average molecular weight is 283 g/mol. The van der Waals surface area contributed by atoms with Crippen molar-refractivity contribution in [2.45, 2.75) is 25.8 Å². The van der Waals surface area contributed by atoms with E-state index in [0.29, 0.717) is 12.0 Å². The number of guanidine groups is 1. The molecular formula is C11H15BrN4. The van der Waals surface area contributed by atoms with Gasteiger partial charge in [-0.2, -0.15) is 0 Å². The zero-order valence-electron chi connectivity index (χ0n) is 9.13. The molecule has 0 bridgehead atoms. The Morgan fingerprint density at radius 3 is 2.88 bits per heavy atom. The first-order valence-corrected chi connectivity index (χ1v) is 6.06. The number of halogens is 1. The second kappa shape index (κ2) is 4.84. The van der Waals surface area contributed by atoms with Crippen molar-refractivity contribution in [2.75, 3.05) is 5.32 Å². The SMILES string of the molecule is Cc1c(Br)cccc1NC(=NC1CC1)NN. The topological polar surface area (TPSA) is 62.4 Å². The van der Waals surface area contributed by atoms with Crippen LogP contribution in [0.5, 0.6) is 0 Å². The molecule has 1 aromatic rings. The average Bonchev–Trinajstić information content (AvgIpc) is 3.07. The summed E-state index contributed by atoms with van der Waals surface area (Å²) in [6, 6.07) is 6.42. The number of hydrogen-bond acceptors (Lipinski definition) is 2. The summed E-state index contributed by atoms with van der Waals surface area (Å²) in [7, 11) is 0. The molecule has 86 valence electrons. The minimum atomic E-state index is 0.436. The zero-order valence-corrected chi connectivity index (χ0v) is 10.7. The maximum absolute atomic E-state index is 5.43. The van der Waals surface area contributed by atoms with E-state index in [0.717, 1.165) is 28.6 Å². The molecule has 0 radical (unpaired) electrons. The third kappa shape index (κ3) is 2.74. The van der Waals surface area contributed by atoms with E-state index in [-0.39, 0.29) is 0 Å². The van der Waals surface area contributed by atoms with Gasteiger partial charge in [-0.3, -0.25) is 5.43 Å². The summed E-state index contributed by atoms with van der Waals surface area (Å²) in [5, 5.41) is 3.19. The molecule has 1 aliphatic rings. The van der Waals surface area contributed by atoms with E-state index < -0.39 is 0 Å². The van der Waals surface area contributed by atoms with E-state index >= 15 is 0 Å². The van der Waals surface area contributed by atoms with Crippen molar-refractivity contribution < 1.29 is 0 Å². The molecule has 0 spiro atoms. The van der Waals surface area contributed by atoms with Gasteiger partial charge in [0.15, 0.2) is 0 Å². The fourth-order valence-corrected chi connectivity index (χ4v) is 1.73. The van der Waals surface area contributed by atoms with Crippen LogP contribution in [0, 0.1) is 6.92 Å². The second-order valence-electron chi connectivity index (χ2n) is 3.89. The van der Waals surface area contributed by atoms with E-state index in [1.807, 2.05) is 25.1 Å². The number of hydrazine groups is 1. The van der Waals surface area contributed by atoms with Crippen molar-refractivity contribution >= 4 is 27.6 Å². The number of nitrogens with one attached hydrogen (secondary N) is 2. The molecule has 1 aromatic carbocycles. The van der Waals surface area contributed by atoms with E-state index in [1.165, 1.54) is 0 Å². The van der Waals surface area contributed by atoms with Crippen LogP contribution < -0.4 is 16.6 Å². The quantitative estimate of drug-likeness (QED) is 0.337. The minimum absolute atomic E-state index is 0.436. The lowest BCUT2D eigenvalue weighted by Crippen LogP contribution is -2.36. The summed E-state index contributed by atoms with van der Waals surface area (Å²) in [6.45, 7) is 2.04. The van der Waals surface area contributed by atoms with Crippen molar-refractivity contribution in [1.29, 1.82) is 0 Å². The van der Waals surface area contributed by atoms with Gasteiger partial charge in [0.25, 0.3) is 0 Å². The molecule has 0 aliphatic heterocycles. The third-order valence-corrected chi connectivity index (χ3v) is 3.38. The lowest BCUT2D eigenvalue weighted by Gasteiger charge is -2.12. The summed E-state index contributed by atoms with van der Waals surface area (Å²) in [5.41, 5.74) is 4.74. The molecule has 0 amide bonds. The largest absolute Gasteiger partial charge is 0.325 e. The van der Waals surface area contributed by atoms with Gasteiger partial charge in [0.2, 0.25) is 5.96 Å². The van der Waals surface area contributed by atoms with Gasteiger partial charge >= 0.3 is 0 Å². The van der Waals surface area contributed by atoms with Gasteiger partial charge < -0.3 is 5.32 Å². The smallest absolute Gasteiger partial charge is 0.210 e. The number of rotatable bonds is 2. The zero-order chi connectivity index (χ0) is 11.5. The fraction of sp³-hybridized carbons (Fsp3) is 0.364. The Morgan fingerprint density at radius 2 is 2.25 bits per heavy atom. The molecule has 0 aromatic heterocycles. The molecule has 0 atom stereocenters.